The van der Waals surface area contributed by atoms with E-state index in [0.29, 0.717) is 0 Å². The highest BCUT2D eigenvalue weighted by molar-refractivity contribution is 6.31. The van der Waals surface area contributed by atoms with Crippen LogP contribution in [0.4, 0.5) is 17.1 Å². The van der Waals surface area contributed by atoms with E-state index in [9.17, 15) is 0 Å². The van der Waals surface area contributed by atoms with Crippen molar-refractivity contribution in [2.75, 3.05) is 17.4 Å². The normalized spacial score (nSPS) is 10.8. The van der Waals surface area contributed by atoms with Crippen molar-refractivity contribution in [2.24, 2.45) is 5.10 Å². The molecule has 0 fully saturated rings. The van der Waals surface area contributed by atoms with Crippen molar-refractivity contribution in [1.82, 2.24) is 0 Å². The molecule has 0 atom stereocenters. The molecule has 4 heteroatoms. The predicted octanol–water partition coefficient (Wildman–Crippen LogP) is 5.86. The summed E-state index contributed by atoms with van der Waals surface area (Å²) < 4.78 is 0. The summed E-state index contributed by atoms with van der Waals surface area (Å²) in [4.78, 5) is 2.15. The average Bonchev–Trinajstić information content (AvgIpc) is 2.65. The molecule has 3 nitrogen and oxygen atoms in total. The Kier molecular flexibility index (Phi) is 5.36. The molecular formula is C21H20ClN3. The third-order valence-electron chi connectivity index (χ3n) is 4.00. The SMILES string of the molecule is Cc1ccc(NN=Cc2ccc(N(C)c3ccccc3)cc2)cc1Cl. The number of halogens is 1. The zero-order valence-corrected chi connectivity index (χ0v) is 15.0. The van der Waals surface area contributed by atoms with Crippen LogP contribution in [0.5, 0.6) is 0 Å². The molecule has 3 aromatic carbocycles. The smallest absolute Gasteiger partial charge is 0.0576 e. The number of aryl methyl sites for hydroxylation is 1. The molecule has 0 aromatic heterocycles. The van der Waals surface area contributed by atoms with Crippen molar-refractivity contribution >= 4 is 34.9 Å². The largest absolute Gasteiger partial charge is 0.345 e. The highest BCUT2D eigenvalue weighted by Crippen LogP contribution is 2.23. The van der Waals surface area contributed by atoms with Gasteiger partial charge in [0.05, 0.1) is 11.9 Å². The van der Waals surface area contributed by atoms with Crippen LogP contribution < -0.4 is 10.3 Å². The summed E-state index contributed by atoms with van der Waals surface area (Å²) in [5.41, 5.74) is 8.22. The van der Waals surface area contributed by atoms with Crippen molar-refractivity contribution in [3.05, 3.63) is 88.9 Å². The third-order valence-corrected chi connectivity index (χ3v) is 4.41. The van der Waals surface area contributed by atoms with Gasteiger partial charge >= 0.3 is 0 Å². The maximum Gasteiger partial charge on any atom is 0.0576 e. The van der Waals surface area contributed by atoms with E-state index in [0.717, 1.165) is 33.2 Å². The zero-order valence-electron chi connectivity index (χ0n) is 14.3. The van der Waals surface area contributed by atoms with Crippen LogP contribution in [0.3, 0.4) is 0 Å². The summed E-state index contributed by atoms with van der Waals surface area (Å²) in [5.74, 6) is 0. The van der Waals surface area contributed by atoms with Gasteiger partial charge in [-0.25, -0.2) is 0 Å². The zero-order chi connectivity index (χ0) is 17.6. The summed E-state index contributed by atoms with van der Waals surface area (Å²) >= 11 is 6.11. The first kappa shape index (κ1) is 17.1. The molecule has 0 saturated heterocycles. The molecule has 1 N–H and O–H groups in total. The average molecular weight is 350 g/mol. The molecule has 0 bridgehead atoms. The number of para-hydroxylation sites is 1. The second kappa shape index (κ2) is 7.86. The summed E-state index contributed by atoms with van der Waals surface area (Å²) in [6, 6.07) is 24.3. The van der Waals surface area contributed by atoms with Crippen LogP contribution in [-0.4, -0.2) is 13.3 Å². The van der Waals surface area contributed by atoms with Crippen LogP contribution in [0, 0.1) is 6.92 Å². The predicted molar refractivity (Wildman–Crippen MR) is 108 cm³/mol. The van der Waals surface area contributed by atoms with Gasteiger partial charge in [-0.15, -0.1) is 0 Å². The van der Waals surface area contributed by atoms with Gasteiger partial charge in [-0.2, -0.15) is 5.10 Å². The van der Waals surface area contributed by atoms with Crippen molar-refractivity contribution in [3.8, 4) is 0 Å². The molecule has 0 aliphatic rings. The van der Waals surface area contributed by atoms with Gasteiger partial charge in [0, 0.05) is 23.4 Å². The molecule has 0 aliphatic heterocycles. The van der Waals surface area contributed by atoms with Crippen LogP contribution in [0.15, 0.2) is 77.9 Å². The molecule has 0 unspecified atom stereocenters. The van der Waals surface area contributed by atoms with Gasteiger partial charge in [-0.05, 0) is 54.4 Å². The molecular weight excluding hydrogens is 330 g/mol. The van der Waals surface area contributed by atoms with Gasteiger partial charge in [-0.1, -0.05) is 48.0 Å². The summed E-state index contributed by atoms with van der Waals surface area (Å²) in [6.07, 6.45) is 1.79. The number of benzene rings is 3. The molecule has 0 saturated carbocycles. The van der Waals surface area contributed by atoms with E-state index < -0.39 is 0 Å². The first-order chi connectivity index (χ1) is 12.1. The Labute approximate surface area is 153 Å². The number of hydrogen-bond acceptors (Lipinski definition) is 3. The van der Waals surface area contributed by atoms with E-state index in [4.69, 9.17) is 11.6 Å². The molecule has 25 heavy (non-hydrogen) atoms. The van der Waals surface area contributed by atoms with E-state index in [1.807, 2.05) is 55.5 Å². The fraction of sp³-hybridized carbons (Fsp3) is 0.0952. The molecule has 3 aromatic rings. The lowest BCUT2D eigenvalue weighted by Gasteiger charge is -2.19. The molecule has 0 heterocycles. The number of anilines is 3. The minimum absolute atomic E-state index is 0.730. The summed E-state index contributed by atoms with van der Waals surface area (Å²) in [5, 5.41) is 5.00. The molecule has 0 radical (unpaired) electrons. The lowest BCUT2D eigenvalue weighted by atomic mass is 10.2. The highest BCUT2D eigenvalue weighted by atomic mass is 35.5. The maximum atomic E-state index is 6.11. The van der Waals surface area contributed by atoms with Crippen molar-refractivity contribution < 1.29 is 0 Å². The van der Waals surface area contributed by atoms with Gasteiger partial charge < -0.3 is 4.90 Å². The number of hydrazone groups is 1. The second-order valence-electron chi connectivity index (χ2n) is 5.82. The number of rotatable bonds is 5. The lowest BCUT2D eigenvalue weighted by Crippen LogP contribution is -2.08. The molecule has 126 valence electrons. The number of nitrogens with one attached hydrogen (secondary N) is 1. The Balaban J connectivity index is 1.65. The Morgan fingerprint density at radius 1 is 0.920 bits per heavy atom. The minimum atomic E-state index is 0.730. The van der Waals surface area contributed by atoms with E-state index >= 15 is 0 Å². The Bertz CT molecular complexity index is 858. The Morgan fingerprint density at radius 3 is 2.28 bits per heavy atom. The van der Waals surface area contributed by atoms with E-state index in [2.05, 4.69) is 46.7 Å². The molecule has 0 aliphatic carbocycles. The van der Waals surface area contributed by atoms with Crippen molar-refractivity contribution in [3.63, 3.8) is 0 Å². The maximum absolute atomic E-state index is 6.11. The standard InChI is InChI=1S/C21H20ClN3/c1-16-8-11-18(14-21(16)22)24-23-15-17-9-12-20(13-10-17)25(2)19-6-4-3-5-7-19/h3-15,24H,1-2H3. The topological polar surface area (TPSA) is 27.6 Å². The fourth-order valence-electron chi connectivity index (χ4n) is 2.43. The second-order valence-corrected chi connectivity index (χ2v) is 6.23. The van der Waals surface area contributed by atoms with Crippen LogP contribution in [-0.2, 0) is 0 Å². The first-order valence-corrected chi connectivity index (χ1v) is 8.45. The van der Waals surface area contributed by atoms with E-state index in [1.54, 1.807) is 6.21 Å². The first-order valence-electron chi connectivity index (χ1n) is 8.07. The third kappa shape index (κ3) is 4.40. The lowest BCUT2D eigenvalue weighted by molar-refractivity contribution is 1.21. The summed E-state index contributed by atoms with van der Waals surface area (Å²) in [6.45, 7) is 1.98. The van der Waals surface area contributed by atoms with Gasteiger partial charge in [0.15, 0.2) is 0 Å². The van der Waals surface area contributed by atoms with Crippen LogP contribution in [0.2, 0.25) is 5.02 Å². The van der Waals surface area contributed by atoms with Crippen LogP contribution in [0.25, 0.3) is 0 Å². The van der Waals surface area contributed by atoms with Crippen molar-refractivity contribution in [2.45, 2.75) is 6.92 Å². The highest BCUT2D eigenvalue weighted by Gasteiger charge is 2.02. The number of nitrogens with zero attached hydrogens (tertiary/aromatic N) is 2. The fourth-order valence-corrected chi connectivity index (χ4v) is 2.61. The van der Waals surface area contributed by atoms with Gasteiger partial charge in [0.2, 0.25) is 0 Å². The van der Waals surface area contributed by atoms with Crippen LogP contribution in [0.1, 0.15) is 11.1 Å². The number of hydrogen-bond donors (Lipinski definition) is 1. The van der Waals surface area contributed by atoms with Gasteiger partial charge in [-0.3, -0.25) is 5.43 Å². The Hall–Kier alpha value is -2.78. The van der Waals surface area contributed by atoms with Crippen molar-refractivity contribution in [1.29, 1.82) is 0 Å². The van der Waals surface area contributed by atoms with E-state index in [-0.39, 0.29) is 0 Å². The van der Waals surface area contributed by atoms with Gasteiger partial charge in [0.25, 0.3) is 0 Å². The molecule has 3 rings (SSSR count). The van der Waals surface area contributed by atoms with Gasteiger partial charge in [0.1, 0.15) is 0 Å². The monoisotopic (exact) mass is 349 g/mol. The summed E-state index contributed by atoms with van der Waals surface area (Å²) in [7, 11) is 2.06. The molecule has 0 amide bonds. The minimum Gasteiger partial charge on any atom is -0.345 e. The Morgan fingerprint density at radius 2 is 1.60 bits per heavy atom. The van der Waals surface area contributed by atoms with Crippen LogP contribution >= 0.6 is 11.6 Å². The van der Waals surface area contributed by atoms with E-state index in [1.165, 1.54) is 0 Å². The quantitative estimate of drug-likeness (QED) is 0.461. The molecule has 0 spiro atoms.